The molecule has 0 saturated heterocycles. The van der Waals surface area contributed by atoms with E-state index in [1.54, 1.807) is 12.1 Å². The van der Waals surface area contributed by atoms with Gasteiger partial charge >= 0.3 is 0 Å². The summed E-state index contributed by atoms with van der Waals surface area (Å²) in [6.45, 7) is -0.313. The predicted molar refractivity (Wildman–Crippen MR) is 77.0 cm³/mol. The van der Waals surface area contributed by atoms with Crippen molar-refractivity contribution in [3.8, 4) is 5.75 Å². The molecule has 23 heavy (non-hydrogen) atoms. The molecule has 0 aliphatic heterocycles. The van der Waals surface area contributed by atoms with Crippen LogP contribution in [0.3, 0.4) is 0 Å². The van der Waals surface area contributed by atoms with Crippen molar-refractivity contribution in [3.63, 3.8) is 0 Å². The molecular weight excluding hydrogens is 341 g/mol. The zero-order valence-electron chi connectivity index (χ0n) is 11.7. The van der Waals surface area contributed by atoms with Crippen molar-refractivity contribution < 1.29 is 26.7 Å². The van der Waals surface area contributed by atoms with Crippen LogP contribution in [0.5, 0.6) is 5.75 Å². The average Bonchev–Trinajstić information content (AvgIpc) is 2.53. The number of hydrogen-bond donors (Lipinski definition) is 1. The molecule has 126 valence electrons. The van der Waals surface area contributed by atoms with Crippen LogP contribution in [-0.4, -0.2) is 6.54 Å². The van der Waals surface area contributed by atoms with Crippen molar-refractivity contribution in [1.29, 1.82) is 0 Å². The van der Waals surface area contributed by atoms with Crippen molar-refractivity contribution in [2.75, 3.05) is 6.54 Å². The third-order valence-corrected chi connectivity index (χ3v) is 3.04. The fourth-order valence-corrected chi connectivity index (χ4v) is 1.85. The number of benzene rings is 2. The van der Waals surface area contributed by atoms with Gasteiger partial charge in [0.2, 0.25) is 5.82 Å². The average molecular weight is 354 g/mol. The van der Waals surface area contributed by atoms with E-state index in [-0.39, 0.29) is 18.2 Å². The molecule has 0 aliphatic carbocycles. The molecule has 2 N–H and O–H groups in total. The topological polar surface area (TPSA) is 35.2 Å². The first-order valence-electron chi connectivity index (χ1n) is 6.37. The zero-order chi connectivity index (χ0) is 16.3. The minimum absolute atomic E-state index is 0. The highest BCUT2D eigenvalue weighted by Crippen LogP contribution is 2.24. The van der Waals surface area contributed by atoms with Crippen molar-refractivity contribution >= 4 is 12.4 Å². The second kappa shape index (κ2) is 8.12. The van der Waals surface area contributed by atoms with Gasteiger partial charge in [0.1, 0.15) is 12.4 Å². The molecule has 0 bridgehead atoms. The minimum atomic E-state index is -2.19. The molecule has 2 rings (SSSR count). The van der Waals surface area contributed by atoms with E-state index in [0.29, 0.717) is 13.0 Å². The SMILES string of the molecule is Cl.NCCc1ccc(OCc2c(F)c(F)c(F)c(F)c2F)cc1. The Bertz CT molecular complexity index is 650. The number of hydrogen-bond acceptors (Lipinski definition) is 2. The molecule has 0 spiro atoms. The third kappa shape index (κ3) is 4.11. The zero-order valence-corrected chi connectivity index (χ0v) is 12.5. The van der Waals surface area contributed by atoms with E-state index >= 15 is 0 Å². The van der Waals surface area contributed by atoms with Crippen LogP contribution in [0.4, 0.5) is 22.0 Å². The van der Waals surface area contributed by atoms with E-state index < -0.39 is 41.3 Å². The molecule has 0 unspecified atom stereocenters. The summed E-state index contributed by atoms with van der Waals surface area (Å²) in [5.41, 5.74) is 5.32. The smallest absolute Gasteiger partial charge is 0.200 e. The maximum atomic E-state index is 13.5. The van der Waals surface area contributed by atoms with Gasteiger partial charge in [-0.3, -0.25) is 0 Å². The van der Waals surface area contributed by atoms with Gasteiger partial charge in [0.15, 0.2) is 23.3 Å². The van der Waals surface area contributed by atoms with Gasteiger partial charge in [-0.05, 0) is 30.7 Å². The van der Waals surface area contributed by atoms with Gasteiger partial charge in [0.05, 0.1) is 5.56 Å². The maximum absolute atomic E-state index is 13.5. The van der Waals surface area contributed by atoms with E-state index in [2.05, 4.69) is 0 Å². The Labute approximate surface area is 135 Å². The lowest BCUT2D eigenvalue weighted by atomic mass is 10.1. The normalized spacial score (nSPS) is 10.3. The van der Waals surface area contributed by atoms with E-state index in [0.717, 1.165) is 5.56 Å². The lowest BCUT2D eigenvalue weighted by molar-refractivity contribution is 0.279. The van der Waals surface area contributed by atoms with Crippen molar-refractivity contribution in [1.82, 2.24) is 0 Å². The first-order valence-corrected chi connectivity index (χ1v) is 6.37. The first kappa shape index (κ1) is 19.2. The summed E-state index contributed by atoms with van der Waals surface area (Å²) in [5.74, 6) is -9.71. The van der Waals surface area contributed by atoms with Gasteiger partial charge in [-0.1, -0.05) is 12.1 Å². The summed E-state index contributed by atoms with van der Waals surface area (Å²) in [7, 11) is 0. The molecule has 8 heteroatoms. The van der Waals surface area contributed by atoms with E-state index in [4.69, 9.17) is 10.5 Å². The predicted octanol–water partition coefficient (Wildman–Crippen LogP) is 3.88. The van der Waals surface area contributed by atoms with Crippen LogP contribution in [0, 0.1) is 29.1 Å². The number of ether oxygens (including phenoxy) is 1. The monoisotopic (exact) mass is 353 g/mol. The third-order valence-electron chi connectivity index (χ3n) is 3.04. The molecule has 0 heterocycles. The van der Waals surface area contributed by atoms with Crippen molar-refractivity contribution in [2.45, 2.75) is 13.0 Å². The number of halogens is 6. The first-order chi connectivity index (χ1) is 10.5. The highest BCUT2D eigenvalue weighted by Gasteiger charge is 2.25. The Morgan fingerprint density at radius 3 is 1.74 bits per heavy atom. The summed E-state index contributed by atoms with van der Waals surface area (Å²) in [5, 5.41) is 0. The van der Waals surface area contributed by atoms with E-state index in [1.165, 1.54) is 12.1 Å². The minimum Gasteiger partial charge on any atom is -0.489 e. The Kier molecular flexibility index (Phi) is 6.78. The van der Waals surface area contributed by atoms with Gasteiger partial charge in [-0.2, -0.15) is 0 Å². The molecule has 0 fully saturated rings. The lowest BCUT2D eigenvalue weighted by Gasteiger charge is -2.10. The second-order valence-electron chi connectivity index (χ2n) is 4.52. The van der Waals surface area contributed by atoms with Crippen molar-refractivity contribution in [2.24, 2.45) is 5.73 Å². The lowest BCUT2D eigenvalue weighted by Crippen LogP contribution is -2.10. The second-order valence-corrected chi connectivity index (χ2v) is 4.52. The highest BCUT2D eigenvalue weighted by atomic mass is 35.5. The van der Waals surface area contributed by atoms with Gasteiger partial charge in [-0.15, -0.1) is 12.4 Å². The molecule has 0 atom stereocenters. The molecule has 0 amide bonds. The molecule has 0 aromatic heterocycles. The number of nitrogens with two attached hydrogens (primary N) is 1. The van der Waals surface area contributed by atoms with E-state index in [1.807, 2.05) is 0 Å². The fourth-order valence-electron chi connectivity index (χ4n) is 1.85. The summed E-state index contributed by atoms with van der Waals surface area (Å²) in [6, 6.07) is 6.44. The molecule has 0 aliphatic rings. The van der Waals surface area contributed by atoms with Gasteiger partial charge in [-0.25, -0.2) is 22.0 Å². The van der Waals surface area contributed by atoms with E-state index in [9.17, 15) is 22.0 Å². The summed E-state index contributed by atoms with van der Waals surface area (Å²) >= 11 is 0. The van der Waals surface area contributed by atoms with Crippen LogP contribution in [0.2, 0.25) is 0 Å². The molecule has 2 nitrogen and oxygen atoms in total. The molecular formula is C15H13ClF5NO. The maximum Gasteiger partial charge on any atom is 0.200 e. The van der Waals surface area contributed by atoms with Gasteiger partial charge in [0, 0.05) is 0 Å². The molecule has 2 aromatic carbocycles. The Hall–Kier alpha value is -1.86. The standard InChI is InChI=1S/C15H12F5NO.ClH/c16-11-10(12(17)14(19)15(20)13(11)18)7-22-9-3-1-8(2-4-9)5-6-21;/h1-4H,5-7,21H2;1H. The van der Waals surface area contributed by atoms with Gasteiger partial charge in [0.25, 0.3) is 0 Å². The summed E-state index contributed by atoms with van der Waals surface area (Å²) in [6.07, 6.45) is 0.651. The van der Waals surface area contributed by atoms with Crippen LogP contribution < -0.4 is 10.5 Å². The van der Waals surface area contributed by atoms with Crippen LogP contribution in [0.25, 0.3) is 0 Å². The Morgan fingerprint density at radius 1 is 0.783 bits per heavy atom. The molecule has 2 aromatic rings. The largest absolute Gasteiger partial charge is 0.489 e. The summed E-state index contributed by atoms with van der Waals surface area (Å²) < 4.78 is 71.0. The Morgan fingerprint density at radius 2 is 1.26 bits per heavy atom. The quantitative estimate of drug-likeness (QED) is 0.503. The van der Waals surface area contributed by atoms with Crippen LogP contribution >= 0.6 is 12.4 Å². The fraction of sp³-hybridized carbons (Fsp3) is 0.200. The summed E-state index contributed by atoms with van der Waals surface area (Å²) in [4.78, 5) is 0. The van der Waals surface area contributed by atoms with Crippen molar-refractivity contribution in [3.05, 3.63) is 64.5 Å². The highest BCUT2D eigenvalue weighted by molar-refractivity contribution is 5.85. The Balaban J connectivity index is 0.00000264. The molecule has 0 radical (unpaired) electrons. The molecule has 0 saturated carbocycles. The van der Waals surface area contributed by atoms with Crippen LogP contribution in [0.15, 0.2) is 24.3 Å². The number of rotatable bonds is 5. The van der Waals surface area contributed by atoms with Crippen LogP contribution in [-0.2, 0) is 13.0 Å². The van der Waals surface area contributed by atoms with Gasteiger partial charge < -0.3 is 10.5 Å². The van der Waals surface area contributed by atoms with Crippen LogP contribution in [0.1, 0.15) is 11.1 Å².